The molecule has 0 aliphatic rings. The molecule has 3 rings (SSSR count). The van der Waals surface area contributed by atoms with Gasteiger partial charge in [0.15, 0.2) is 10.8 Å². The van der Waals surface area contributed by atoms with E-state index in [1.165, 1.54) is 17.8 Å². The SMILES string of the molecule is CCCNC(=O)Nc1cc(-c2cc3cnc(SC)nc3nc2C)c(C)cc1F. The van der Waals surface area contributed by atoms with E-state index < -0.39 is 11.8 Å². The quantitative estimate of drug-likeness (QED) is 0.480. The summed E-state index contributed by atoms with van der Waals surface area (Å²) in [7, 11) is 0. The highest BCUT2D eigenvalue weighted by Gasteiger charge is 2.15. The van der Waals surface area contributed by atoms with Crippen molar-refractivity contribution in [2.75, 3.05) is 18.1 Å². The minimum Gasteiger partial charge on any atom is -0.338 e. The number of aromatic nitrogens is 3. The van der Waals surface area contributed by atoms with Crippen LogP contribution in [-0.2, 0) is 0 Å². The largest absolute Gasteiger partial charge is 0.338 e. The first-order valence-corrected chi connectivity index (χ1v) is 10.2. The zero-order chi connectivity index (χ0) is 20.3. The smallest absolute Gasteiger partial charge is 0.319 e. The standard InChI is InChI=1S/C20H22FN5OS/c1-5-6-22-19(27)25-17-9-14(11(2)7-16(17)21)15-8-13-10-23-20(28-4)26-18(13)24-12(15)3/h7-10H,5-6H2,1-4H3,(H2,22,25,27). The van der Waals surface area contributed by atoms with Gasteiger partial charge in [0.05, 0.1) is 5.69 Å². The number of anilines is 1. The monoisotopic (exact) mass is 399 g/mol. The fourth-order valence-electron chi connectivity index (χ4n) is 2.87. The molecule has 2 heterocycles. The molecule has 0 radical (unpaired) electrons. The Morgan fingerprint density at radius 1 is 1.18 bits per heavy atom. The number of halogens is 1. The van der Waals surface area contributed by atoms with E-state index in [2.05, 4.69) is 25.6 Å². The summed E-state index contributed by atoms with van der Waals surface area (Å²) in [5.41, 5.74) is 3.92. The van der Waals surface area contributed by atoms with Crippen LogP contribution in [0, 0.1) is 19.7 Å². The molecule has 6 nitrogen and oxygen atoms in total. The molecule has 0 fully saturated rings. The number of carbonyl (C=O) groups excluding carboxylic acids is 1. The van der Waals surface area contributed by atoms with Crippen LogP contribution >= 0.6 is 11.8 Å². The zero-order valence-corrected chi connectivity index (χ0v) is 17.1. The average Bonchev–Trinajstić information content (AvgIpc) is 2.67. The van der Waals surface area contributed by atoms with Crippen molar-refractivity contribution >= 4 is 34.5 Å². The van der Waals surface area contributed by atoms with Gasteiger partial charge >= 0.3 is 6.03 Å². The molecule has 0 spiro atoms. The Bertz CT molecular complexity index is 1040. The Hall–Kier alpha value is -2.74. The van der Waals surface area contributed by atoms with Gasteiger partial charge in [0.1, 0.15) is 5.82 Å². The third-order valence-corrected chi connectivity index (χ3v) is 4.87. The first-order valence-electron chi connectivity index (χ1n) is 8.96. The van der Waals surface area contributed by atoms with Gasteiger partial charge in [-0.3, -0.25) is 0 Å². The summed E-state index contributed by atoms with van der Waals surface area (Å²) in [4.78, 5) is 25.3. The summed E-state index contributed by atoms with van der Waals surface area (Å²) < 4.78 is 14.4. The van der Waals surface area contributed by atoms with E-state index in [0.29, 0.717) is 17.3 Å². The van der Waals surface area contributed by atoms with Gasteiger partial charge in [-0.2, -0.15) is 0 Å². The van der Waals surface area contributed by atoms with Crippen LogP contribution in [0.25, 0.3) is 22.2 Å². The maximum absolute atomic E-state index is 14.4. The van der Waals surface area contributed by atoms with Gasteiger partial charge in [-0.25, -0.2) is 24.1 Å². The number of amides is 2. The first-order chi connectivity index (χ1) is 13.4. The van der Waals surface area contributed by atoms with E-state index in [1.807, 2.05) is 33.1 Å². The number of nitrogens with one attached hydrogen (secondary N) is 2. The highest BCUT2D eigenvalue weighted by Crippen LogP contribution is 2.32. The molecule has 0 saturated heterocycles. The van der Waals surface area contributed by atoms with Crippen LogP contribution in [0.4, 0.5) is 14.9 Å². The predicted molar refractivity (Wildman–Crippen MR) is 111 cm³/mol. The second-order valence-corrected chi connectivity index (χ2v) is 7.19. The van der Waals surface area contributed by atoms with Gasteiger partial charge in [0, 0.05) is 29.4 Å². The molecule has 0 aliphatic carbocycles. The van der Waals surface area contributed by atoms with Crippen LogP contribution < -0.4 is 10.6 Å². The van der Waals surface area contributed by atoms with Gasteiger partial charge in [0.25, 0.3) is 0 Å². The van der Waals surface area contributed by atoms with Crippen molar-refractivity contribution in [3.63, 3.8) is 0 Å². The Balaban J connectivity index is 2.04. The van der Waals surface area contributed by atoms with Crippen LogP contribution in [0.2, 0.25) is 0 Å². The fraction of sp³-hybridized carbons (Fsp3) is 0.300. The van der Waals surface area contributed by atoms with Crippen molar-refractivity contribution < 1.29 is 9.18 Å². The van der Waals surface area contributed by atoms with Crippen molar-refractivity contribution in [1.29, 1.82) is 0 Å². The highest BCUT2D eigenvalue weighted by molar-refractivity contribution is 7.98. The van der Waals surface area contributed by atoms with E-state index in [4.69, 9.17) is 0 Å². The molecule has 0 atom stereocenters. The van der Waals surface area contributed by atoms with E-state index in [-0.39, 0.29) is 5.69 Å². The predicted octanol–water partition coefficient (Wildman–Crippen LogP) is 4.70. The number of rotatable bonds is 5. The highest BCUT2D eigenvalue weighted by atomic mass is 32.2. The first kappa shape index (κ1) is 20.0. The number of pyridine rings is 1. The van der Waals surface area contributed by atoms with Crippen molar-refractivity contribution in [3.05, 3.63) is 41.5 Å². The Morgan fingerprint density at radius 3 is 2.68 bits per heavy atom. The van der Waals surface area contributed by atoms with E-state index >= 15 is 0 Å². The van der Waals surface area contributed by atoms with Crippen LogP contribution in [0.1, 0.15) is 24.6 Å². The number of urea groups is 1. The number of carbonyl (C=O) groups is 1. The van der Waals surface area contributed by atoms with Crippen molar-refractivity contribution in [1.82, 2.24) is 20.3 Å². The molecule has 8 heteroatoms. The van der Waals surface area contributed by atoms with Crippen molar-refractivity contribution in [2.24, 2.45) is 0 Å². The number of benzene rings is 1. The lowest BCUT2D eigenvalue weighted by Gasteiger charge is -2.14. The van der Waals surface area contributed by atoms with Crippen LogP contribution in [0.15, 0.2) is 29.6 Å². The molecule has 2 amide bonds. The molecule has 0 saturated carbocycles. The number of hydrogen-bond acceptors (Lipinski definition) is 5. The summed E-state index contributed by atoms with van der Waals surface area (Å²) in [5.74, 6) is -0.479. The van der Waals surface area contributed by atoms with Crippen LogP contribution in [-0.4, -0.2) is 33.8 Å². The molecule has 0 aliphatic heterocycles. The third kappa shape index (κ3) is 4.22. The lowest BCUT2D eigenvalue weighted by Crippen LogP contribution is -2.29. The Morgan fingerprint density at radius 2 is 1.96 bits per heavy atom. The summed E-state index contributed by atoms with van der Waals surface area (Å²) in [6.07, 6.45) is 4.45. The number of hydrogen-bond donors (Lipinski definition) is 2. The van der Waals surface area contributed by atoms with Gasteiger partial charge in [-0.1, -0.05) is 18.7 Å². The van der Waals surface area contributed by atoms with Crippen LogP contribution in [0.5, 0.6) is 0 Å². The average molecular weight is 399 g/mol. The lowest BCUT2D eigenvalue weighted by molar-refractivity contribution is 0.252. The van der Waals surface area contributed by atoms with Gasteiger partial charge in [-0.05, 0) is 55.9 Å². The normalized spacial score (nSPS) is 10.9. The van der Waals surface area contributed by atoms with Gasteiger partial charge in [-0.15, -0.1) is 0 Å². The maximum Gasteiger partial charge on any atom is 0.319 e. The van der Waals surface area contributed by atoms with E-state index in [9.17, 15) is 9.18 Å². The van der Waals surface area contributed by atoms with Crippen LogP contribution in [0.3, 0.4) is 0 Å². The summed E-state index contributed by atoms with van der Waals surface area (Å²) in [6.45, 7) is 6.19. The molecule has 0 bridgehead atoms. The maximum atomic E-state index is 14.4. The Kier molecular flexibility index (Phi) is 6.08. The molecule has 3 aromatic rings. The van der Waals surface area contributed by atoms with E-state index in [1.54, 1.807) is 12.3 Å². The number of nitrogens with zero attached hydrogens (tertiary/aromatic N) is 3. The lowest BCUT2D eigenvalue weighted by atomic mass is 9.97. The second kappa shape index (κ2) is 8.52. The molecule has 2 N–H and O–H groups in total. The molecule has 0 unspecified atom stereocenters. The topological polar surface area (TPSA) is 79.8 Å². The fourth-order valence-corrected chi connectivity index (χ4v) is 3.21. The summed E-state index contributed by atoms with van der Waals surface area (Å²) >= 11 is 1.46. The molecular formula is C20H22FN5OS. The minimum absolute atomic E-state index is 0.127. The Labute approximate surface area is 167 Å². The molecule has 146 valence electrons. The summed E-state index contributed by atoms with van der Waals surface area (Å²) in [6, 6.07) is 4.58. The number of thioether (sulfide) groups is 1. The van der Waals surface area contributed by atoms with Gasteiger partial charge < -0.3 is 10.6 Å². The summed E-state index contributed by atoms with van der Waals surface area (Å²) in [5, 5.41) is 6.73. The van der Waals surface area contributed by atoms with Crippen molar-refractivity contribution in [2.45, 2.75) is 32.3 Å². The molecule has 28 heavy (non-hydrogen) atoms. The molecule has 1 aromatic carbocycles. The van der Waals surface area contributed by atoms with Gasteiger partial charge in [0.2, 0.25) is 0 Å². The van der Waals surface area contributed by atoms with E-state index in [0.717, 1.165) is 34.2 Å². The molecule has 2 aromatic heterocycles. The number of aryl methyl sites for hydroxylation is 2. The third-order valence-electron chi connectivity index (χ3n) is 4.31. The number of fused-ring (bicyclic) bond motifs is 1. The molecular weight excluding hydrogens is 377 g/mol. The second-order valence-electron chi connectivity index (χ2n) is 6.42. The van der Waals surface area contributed by atoms with Crippen molar-refractivity contribution in [3.8, 4) is 11.1 Å². The minimum atomic E-state index is -0.479. The zero-order valence-electron chi connectivity index (χ0n) is 16.3.